The van der Waals surface area contributed by atoms with Gasteiger partial charge >= 0.3 is 0 Å². The highest BCUT2D eigenvalue weighted by Crippen LogP contribution is 2.43. The van der Waals surface area contributed by atoms with Crippen molar-refractivity contribution < 1.29 is 0 Å². The third-order valence-corrected chi connectivity index (χ3v) is 6.15. The fraction of sp³-hybridized carbons (Fsp3) is 0.583. The van der Waals surface area contributed by atoms with Gasteiger partial charge in [-0.05, 0) is 30.4 Å². The molecule has 16 heavy (non-hydrogen) atoms. The van der Waals surface area contributed by atoms with Crippen molar-refractivity contribution >= 4 is 39.3 Å². The summed E-state index contributed by atoms with van der Waals surface area (Å²) in [6.45, 7) is 0. The number of rotatable bonds is 4. The molecule has 0 radical (unpaired) electrons. The summed E-state index contributed by atoms with van der Waals surface area (Å²) in [4.78, 5) is 4.32. The SMILES string of the molecule is Clc1cccnc1SCC1(CBr)CCCC1. The average Bonchev–Trinajstić information content (AvgIpc) is 2.78. The van der Waals surface area contributed by atoms with Gasteiger partial charge in [-0.25, -0.2) is 4.98 Å². The Morgan fingerprint density at radius 3 is 2.81 bits per heavy atom. The van der Waals surface area contributed by atoms with Crippen molar-refractivity contribution in [1.82, 2.24) is 4.98 Å². The van der Waals surface area contributed by atoms with Gasteiger partial charge in [0.05, 0.1) is 5.02 Å². The molecule has 2 rings (SSSR count). The minimum Gasteiger partial charge on any atom is -0.248 e. The topological polar surface area (TPSA) is 12.9 Å². The van der Waals surface area contributed by atoms with Crippen molar-refractivity contribution in [2.45, 2.75) is 30.7 Å². The number of aromatic nitrogens is 1. The Morgan fingerprint density at radius 1 is 1.44 bits per heavy atom. The first-order valence-electron chi connectivity index (χ1n) is 5.55. The molecule has 88 valence electrons. The van der Waals surface area contributed by atoms with E-state index < -0.39 is 0 Å². The van der Waals surface area contributed by atoms with Gasteiger partial charge in [-0.15, -0.1) is 11.8 Å². The van der Waals surface area contributed by atoms with Crippen LogP contribution in [0, 0.1) is 5.41 Å². The molecule has 0 amide bonds. The van der Waals surface area contributed by atoms with Crippen LogP contribution in [0.3, 0.4) is 0 Å². The van der Waals surface area contributed by atoms with Gasteiger partial charge in [0, 0.05) is 17.3 Å². The third kappa shape index (κ3) is 2.93. The molecular formula is C12H15BrClNS. The summed E-state index contributed by atoms with van der Waals surface area (Å²) in [6.07, 6.45) is 7.19. The van der Waals surface area contributed by atoms with Gasteiger partial charge in [0.25, 0.3) is 0 Å². The normalized spacial score (nSPS) is 18.9. The van der Waals surface area contributed by atoms with Crippen molar-refractivity contribution in [1.29, 1.82) is 0 Å². The van der Waals surface area contributed by atoms with E-state index in [1.165, 1.54) is 25.7 Å². The van der Waals surface area contributed by atoms with Crippen LogP contribution in [0.5, 0.6) is 0 Å². The van der Waals surface area contributed by atoms with Gasteiger partial charge in [0.1, 0.15) is 5.03 Å². The van der Waals surface area contributed by atoms with Gasteiger partial charge in [0.2, 0.25) is 0 Å². The number of thioether (sulfide) groups is 1. The van der Waals surface area contributed by atoms with E-state index in [-0.39, 0.29) is 0 Å². The van der Waals surface area contributed by atoms with Gasteiger partial charge in [-0.1, -0.05) is 40.4 Å². The standard InChI is InChI=1S/C12H15BrClNS/c13-8-12(5-1-2-6-12)9-16-11-10(14)4-3-7-15-11/h3-4,7H,1-2,5-6,8-9H2. The maximum Gasteiger partial charge on any atom is 0.115 e. The number of hydrogen-bond acceptors (Lipinski definition) is 2. The molecule has 0 N–H and O–H groups in total. The lowest BCUT2D eigenvalue weighted by molar-refractivity contribution is 0.405. The molecule has 0 atom stereocenters. The van der Waals surface area contributed by atoms with Gasteiger partial charge in [0.15, 0.2) is 0 Å². The molecule has 1 aliphatic carbocycles. The predicted octanol–water partition coefficient (Wildman–Crippen LogP) is 4.78. The number of nitrogens with zero attached hydrogens (tertiary/aromatic N) is 1. The highest BCUT2D eigenvalue weighted by Gasteiger charge is 2.32. The Balaban J connectivity index is 1.98. The number of hydrogen-bond donors (Lipinski definition) is 0. The molecule has 4 heteroatoms. The maximum absolute atomic E-state index is 6.10. The summed E-state index contributed by atoms with van der Waals surface area (Å²) in [5.41, 5.74) is 0.464. The lowest BCUT2D eigenvalue weighted by Gasteiger charge is -2.25. The minimum absolute atomic E-state index is 0.464. The first-order valence-corrected chi connectivity index (χ1v) is 8.04. The van der Waals surface area contributed by atoms with E-state index in [9.17, 15) is 0 Å². The smallest absolute Gasteiger partial charge is 0.115 e. The van der Waals surface area contributed by atoms with E-state index in [1.54, 1.807) is 11.8 Å². The van der Waals surface area contributed by atoms with Crippen molar-refractivity contribution in [3.05, 3.63) is 23.4 Å². The van der Waals surface area contributed by atoms with E-state index in [1.807, 2.05) is 18.3 Å². The Labute approximate surface area is 114 Å². The summed E-state index contributed by atoms with van der Waals surface area (Å²) in [7, 11) is 0. The summed E-state index contributed by atoms with van der Waals surface area (Å²) in [5.74, 6) is 1.12. The quantitative estimate of drug-likeness (QED) is 0.585. The summed E-state index contributed by atoms with van der Waals surface area (Å²) < 4.78 is 0. The minimum atomic E-state index is 0.464. The first-order chi connectivity index (χ1) is 7.76. The summed E-state index contributed by atoms with van der Waals surface area (Å²) in [6, 6.07) is 3.79. The number of pyridine rings is 1. The number of halogens is 2. The van der Waals surface area contributed by atoms with Crippen molar-refractivity contribution in [2.24, 2.45) is 5.41 Å². The lowest BCUT2D eigenvalue weighted by atomic mass is 9.92. The zero-order valence-corrected chi connectivity index (χ0v) is 12.2. The molecule has 1 saturated carbocycles. The molecule has 0 aliphatic heterocycles. The van der Waals surface area contributed by atoms with Crippen LogP contribution < -0.4 is 0 Å². The van der Waals surface area contributed by atoms with Crippen molar-refractivity contribution in [3.63, 3.8) is 0 Å². The maximum atomic E-state index is 6.10. The molecule has 1 fully saturated rings. The van der Waals surface area contributed by atoms with Crippen LogP contribution in [0.15, 0.2) is 23.4 Å². The Morgan fingerprint density at radius 2 is 2.19 bits per heavy atom. The van der Waals surface area contributed by atoms with Crippen LogP contribution in [0.25, 0.3) is 0 Å². The van der Waals surface area contributed by atoms with Crippen molar-refractivity contribution in [2.75, 3.05) is 11.1 Å². The van der Waals surface area contributed by atoms with Crippen LogP contribution in [0.1, 0.15) is 25.7 Å². The molecule has 0 unspecified atom stereocenters. The molecule has 1 nitrogen and oxygen atoms in total. The van der Waals surface area contributed by atoms with Crippen LogP contribution in [0.2, 0.25) is 5.02 Å². The third-order valence-electron chi connectivity index (χ3n) is 3.19. The fourth-order valence-electron chi connectivity index (χ4n) is 2.14. The Hall–Kier alpha value is 0.270. The van der Waals surface area contributed by atoms with E-state index in [2.05, 4.69) is 20.9 Å². The monoisotopic (exact) mass is 319 g/mol. The second kappa shape index (κ2) is 5.74. The summed E-state index contributed by atoms with van der Waals surface area (Å²) in [5, 5.41) is 2.84. The molecule has 1 aromatic rings. The molecule has 1 aliphatic rings. The fourth-order valence-corrected chi connectivity index (χ4v) is 4.62. The Kier molecular flexibility index (Phi) is 4.57. The largest absolute Gasteiger partial charge is 0.248 e. The highest BCUT2D eigenvalue weighted by molar-refractivity contribution is 9.09. The van der Waals surface area contributed by atoms with Crippen LogP contribution in [-0.2, 0) is 0 Å². The summed E-state index contributed by atoms with van der Waals surface area (Å²) >= 11 is 11.6. The molecule has 0 bridgehead atoms. The molecule has 1 aromatic heterocycles. The first kappa shape index (κ1) is 12.7. The molecular weight excluding hydrogens is 306 g/mol. The van der Waals surface area contributed by atoms with Gasteiger partial charge in [-0.2, -0.15) is 0 Å². The zero-order chi connectivity index (χ0) is 11.4. The molecule has 1 heterocycles. The highest BCUT2D eigenvalue weighted by atomic mass is 79.9. The zero-order valence-electron chi connectivity index (χ0n) is 9.09. The van der Waals surface area contributed by atoms with E-state index in [0.29, 0.717) is 5.41 Å². The molecule has 0 spiro atoms. The molecule has 0 aromatic carbocycles. The number of alkyl halides is 1. The average molecular weight is 321 g/mol. The predicted molar refractivity (Wildman–Crippen MR) is 74.7 cm³/mol. The van der Waals surface area contributed by atoms with Gasteiger partial charge < -0.3 is 0 Å². The van der Waals surface area contributed by atoms with Crippen molar-refractivity contribution in [3.8, 4) is 0 Å². The Bertz CT molecular complexity index is 353. The lowest BCUT2D eigenvalue weighted by Crippen LogP contribution is -2.21. The molecule has 0 saturated heterocycles. The van der Waals surface area contributed by atoms with E-state index in [0.717, 1.165) is 21.1 Å². The van der Waals surface area contributed by atoms with Crippen LogP contribution in [0.4, 0.5) is 0 Å². The second-order valence-corrected chi connectivity index (χ2v) is 6.35. The van der Waals surface area contributed by atoms with Crippen LogP contribution in [-0.4, -0.2) is 16.1 Å². The van der Waals surface area contributed by atoms with Gasteiger partial charge in [-0.3, -0.25) is 0 Å². The van der Waals surface area contributed by atoms with E-state index in [4.69, 9.17) is 11.6 Å². The second-order valence-electron chi connectivity index (χ2n) is 4.42. The van der Waals surface area contributed by atoms with Crippen LogP contribution >= 0.6 is 39.3 Å². The van der Waals surface area contributed by atoms with E-state index >= 15 is 0 Å².